The number of hydrogen-bond donors (Lipinski definition) is 1. The van der Waals surface area contributed by atoms with Gasteiger partial charge in [-0.1, -0.05) is 193 Å². The van der Waals surface area contributed by atoms with E-state index in [0.717, 1.165) is 72.4 Å². The van der Waals surface area contributed by atoms with Gasteiger partial charge in [0.05, 0.1) is 28.0 Å². The molecular weight excluding hydrogens is 863 g/mol. The number of fused-ring (bicyclic) bond motifs is 1. The van der Waals surface area contributed by atoms with Gasteiger partial charge in [0.15, 0.2) is 0 Å². The van der Waals surface area contributed by atoms with E-state index in [9.17, 15) is 9.22 Å². The lowest BCUT2D eigenvalue weighted by atomic mass is 9.79. The molecule has 9 rings (SSSR count). The van der Waals surface area contributed by atoms with Crippen LogP contribution in [0.15, 0.2) is 158 Å². The molecule has 0 radical (unpaired) electrons. The Kier molecular flexibility index (Phi) is 11.8. The summed E-state index contributed by atoms with van der Waals surface area (Å²) in [5, 5.41) is 12.4. The smallest absolute Gasteiger partial charge is 0.149 e. The lowest BCUT2D eigenvalue weighted by Crippen LogP contribution is -2.16. The van der Waals surface area contributed by atoms with Crippen LogP contribution in [0.2, 0.25) is 0 Å². The molecule has 0 fully saturated rings. The molecule has 0 saturated carbocycles. The van der Waals surface area contributed by atoms with E-state index >= 15 is 0 Å². The summed E-state index contributed by atoms with van der Waals surface area (Å²) >= 11 is 0. The highest BCUT2D eigenvalue weighted by Gasteiger charge is 2.26. The number of rotatable bonds is 9. The molecule has 0 saturated heterocycles. The van der Waals surface area contributed by atoms with Crippen LogP contribution in [0, 0.1) is 6.85 Å². The number of phenolic OH excluding ortho intramolecular Hbond substituents is 1. The molecule has 4 nitrogen and oxygen atoms in total. The lowest BCUT2D eigenvalue weighted by Gasteiger charge is -2.26. The number of aryl methyl sites for hydroxylation is 1. The number of nitrogens with zero attached hydrogens (tertiary/aromatic N) is 3. The Morgan fingerprint density at radius 1 is 0.493 bits per heavy atom. The topological polar surface area (TPSA) is 50.9 Å². The molecule has 0 aliphatic heterocycles. The van der Waals surface area contributed by atoms with E-state index in [1.807, 2.05) is 53.2 Å². The zero-order chi connectivity index (χ0) is 53.2. The van der Waals surface area contributed by atoms with Crippen molar-refractivity contribution >= 4 is 11.0 Å². The molecule has 0 unspecified atom stereocenters. The maximum absolute atomic E-state index is 12.4. The van der Waals surface area contributed by atoms with Gasteiger partial charge in [-0.15, -0.1) is 0 Å². The van der Waals surface area contributed by atoms with Crippen molar-refractivity contribution in [3.8, 4) is 78.6 Å². The van der Waals surface area contributed by atoms with E-state index in [-0.39, 0.29) is 39.4 Å². The Labute approximate surface area is 427 Å². The van der Waals surface area contributed by atoms with Crippen LogP contribution in [0.5, 0.6) is 5.75 Å². The summed E-state index contributed by atoms with van der Waals surface area (Å²) < 4.78 is 29.5. The minimum Gasteiger partial charge on any atom is -0.507 e. The first-order valence-electron chi connectivity index (χ1n) is 26.7. The van der Waals surface area contributed by atoms with E-state index in [1.165, 1.54) is 16.7 Å². The van der Waals surface area contributed by atoms with E-state index in [4.69, 9.17) is 9.97 Å². The maximum atomic E-state index is 12.4. The van der Waals surface area contributed by atoms with Crippen molar-refractivity contribution in [1.29, 1.82) is 0 Å². The second-order valence-electron chi connectivity index (χ2n) is 23.2. The second-order valence-corrected chi connectivity index (χ2v) is 23.2. The van der Waals surface area contributed by atoms with Crippen LogP contribution in [-0.4, -0.2) is 19.6 Å². The highest BCUT2D eigenvalue weighted by Crippen LogP contribution is 2.44. The minimum absolute atomic E-state index is 0.0132. The van der Waals surface area contributed by atoms with E-state index in [1.54, 1.807) is 0 Å². The van der Waals surface area contributed by atoms with Crippen LogP contribution in [-0.2, 0) is 16.2 Å². The van der Waals surface area contributed by atoms with Gasteiger partial charge in [-0.2, -0.15) is 0 Å². The van der Waals surface area contributed by atoms with Crippen LogP contribution in [0.4, 0.5) is 0 Å². The Balaban J connectivity index is 1.28. The van der Waals surface area contributed by atoms with Crippen LogP contribution < -0.4 is 0 Å². The number of pyridine rings is 1. The fraction of sp³-hybridized carbons (Fsp3) is 0.284. The summed E-state index contributed by atoms with van der Waals surface area (Å²) in [5.74, 6) is 0.774. The summed E-state index contributed by atoms with van der Waals surface area (Å²) in [7, 11) is 0. The molecule has 4 heteroatoms. The third-order valence-corrected chi connectivity index (χ3v) is 14.1. The molecule has 2 heterocycles. The highest BCUT2D eigenvalue weighted by atomic mass is 16.3. The van der Waals surface area contributed by atoms with Crippen molar-refractivity contribution in [3.63, 3.8) is 0 Å². The van der Waals surface area contributed by atoms with Gasteiger partial charge in [0.2, 0.25) is 0 Å². The van der Waals surface area contributed by atoms with Gasteiger partial charge in [0.1, 0.15) is 11.6 Å². The molecule has 0 aliphatic carbocycles. The Hall–Kier alpha value is -7.04. The van der Waals surface area contributed by atoms with E-state index in [2.05, 4.69) is 199 Å². The largest absolute Gasteiger partial charge is 0.507 e. The third-order valence-electron chi connectivity index (χ3n) is 14.1. The monoisotopic (exact) mass is 937 g/mol. The first kappa shape index (κ1) is 45.1. The molecule has 71 heavy (non-hydrogen) atoms. The number of benzene rings is 7. The molecule has 0 aliphatic rings. The van der Waals surface area contributed by atoms with Gasteiger partial charge in [-0.05, 0) is 156 Å². The molecule has 0 bridgehead atoms. The van der Waals surface area contributed by atoms with Gasteiger partial charge >= 0.3 is 0 Å². The van der Waals surface area contributed by atoms with E-state index in [0.29, 0.717) is 22.6 Å². The minimum atomic E-state index is -2.52. The zero-order valence-corrected chi connectivity index (χ0v) is 44.0. The first-order chi connectivity index (χ1) is 34.8. The van der Waals surface area contributed by atoms with Crippen molar-refractivity contribution in [2.24, 2.45) is 0 Å². The van der Waals surface area contributed by atoms with Gasteiger partial charge in [-0.3, -0.25) is 9.55 Å². The summed E-state index contributed by atoms with van der Waals surface area (Å²) in [5.41, 5.74) is 17.5. The standard InChI is InChI=1S/C67H71N3O/c1-41(2)49-37-57(42(3)4)63(71)58(38-49)64-69-62-56(21-18-22-61(62)70(64)60-28-27-47(31-43(60)5)50-33-54(66(9,10)11)40-55(34-50)67(12,13)14)51-32-52(36-53(35-51)65(6,7)8)59-39-48(29-30-68-59)46-25-23-45(24-26-46)44-19-16-15-17-20-44/h15-42,71H,1-14H3/i5D3. The third kappa shape index (κ3) is 9.87. The summed E-state index contributed by atoms with van der Waals surface area (Å²) in [6, 6.07) is 52.8. The van der Waals surface area contributed by atoms with Crippen molar-refractivity contribution in [2.45, 2.75) is 125 Å². The van der Waals surface area contributed by atoms with Crippen molar-refractivity contribution in [1.82, 2.24) is 14.5 Å². The molecule has 7 aromatic carbocycles. The summed E-state index contributed by atoms with van der Waals surface area (Å²) in [6.45, 7) is 25.9. The Morgan fingerprint density at radius 3 is 1.69 bits per heavy atom. The van der Waals surface area contributed by atoms with E-state index < -0.39 is 6.85 Å². The molecule has 0 spiro atoms. The maximum Gasteiger partial charge on any atom is 0.149 e. The van der Waals surface area contributed by atoms with Crippen molar-refractivity contribution in [2.75, 3.05) is 0 Å². The highest BCUT2D eigenvalue weighted by molar-refractivity contribution is 5.97. The van der Waals surface area contributed by atoms with Crippen LogP contribution in [0.1, 0.15) is 139 Å². The lowest BCUT2D eigenvalue weighted by molar-refractivity contribution is 0.466. The first-order valence-corrected chi connectivity index (χ1v) is 25.2. The van der Waals surface area contributed by atoms with Gasteiger partial charge in [0.25, 0.3) is 0 Å². The second kappa shape index (κ2) is 18.6. The normalized spacial score (nSPS) is 13.2. The zero-order valence-electron chi connectivity index (χ0n) is 47.0. The molecule has 0 atom stereocenters. The van der Waals surface area contributed by atoms with Crippen LogP contribution in [0.3, 0.4) is 0 Å². The fourth-order valence-electron chi connectivity index (χ4n) is 9.57. The molecule has 360 valence electrons. The number of phenols is 1. The fourth-order valence-corrected chi connectivity index (χ4v) is 9.57. The molecular formula is C67H71N3O. The van der Waals surface area contributed by atoms with Crippen LogP contribution in [0.25, 0.3) is 83.9 Å². The number of aromatic hydroxyl groups is 1. The summed E-state index contributed by atoms with van der Waals surface area (Å²) in [6.07, 6.45) is 1.88. The molecule has 9 aromatic rings. The van der Waals surface area contributed by atoms with Gasteiger partial charge in [-0.25, -0.2) is 4.98 Å². The number of para-hydroxylation sites is 1. The Bertz CT molecular complexity index is 3510. The van der Waals surface area contributed by atoms with Crippen molar-refractivity contribution < 1.29 is 9.22 Å². The SMILES string of the molecule is [2H]C([2H])([2H])c1cc(-c2cc(C(C)(C)C)cc(C(C)(C)C)c2)ccc1-n1c(-c2cc(C(C)C)cc(C(C)C)c2O)nc2c(-c3cc(-c4cc(-c5ccc(-c6ccccc6)cc5)ccn4)cc(C(C)(C)C)c3)cccc21. The molecule has 2 aromatic heterocycles. The van der Waals surface area contributed by atoms with Gasteiger partial charge in [0, 0.05) is 21.4 Å². The average Bonchev–Trinajstić information content (AvgIpc) is 3.75. The van der Waals surface area contributed by atoms with Gasteiger partial charge < -0.3 is 5.11 Å². The predicted molar refractivity (Wildman–Crippen MR) is 302 cm³/mol. The quantitative estimate of drug-likeness (QED) is 0.157. The number of hydrogen-bond acceptors (Lipinski definition) is 3. The molecule has 1 N–H and O–H groups in total. The number of aromatic nitrogens is 3. The Morgan fingerprint density at radius 2 is 1.07 bits per heavy atom. The molecule has 0 amide bonds. The van der Waals surface area contributed by atoms with Crippen molar-refractivity contribution in [3.05, 3.63) is 191 Å². The average molecular weight is 937 g/mol. The summed E-state index contributed by atoms with van der Waals surface area (Å²) in [4.78, 5) is 10.5. The van der Waals surface area contributed by atoms with Crippen LogP contribution >= 0.6 is 0 Å². The number of imidazole rings is 1. The predicted octanol–water partition coefficient (Wildman–Crippen LogP) is 18.6.